The van der Waals surface area contributed by atoms with E-state index in [0.29, 0.717) is 13.1 Å². The number of hydrogen-bond donors (Lipinski definition) is 0. The minimum absolute atomic E-state index is 0.111. The van der Waals surface area contributed by atoms with Gasteiger partial charge in [0.2, 0.25) is 0 Å². The molecule has 1 fully saturated rings. The predicted octanol–water partition coefficient (Wildman–Crippen LogP) is 1.06. The van der Waals surface area contributed by atoms with Crippen LogP contribution in [0.4, 0.5) is 0 Å². The van der Waals surface area contributed by atoms with E-state index in [0.717, 1.165) is 36.3 Å². The van der Waals surface area contributed by atoms with Gasteiger partial charge < -0.3 is 0 Å². The van der Waals surface area contributed by atoms with E-state index in [1.165, 1.54) is 10.7 Å². The van der Waals surface area contributed by atoms with Crippen LogP contribution < -0.4 is 11.1 Å². The molecule has 0 N–H and O–H groups in total. The monoisotopic (exact) mass is 378 g/mol. The van der Waals surface area contributed by atoms with Crippen molar-refractivity contribution in [2.24, 2.45) is 7.05 Å². The molecule has 0 spiro atoms. The molecule has 0 aliphatic carbocycles. The maximum Gasteiger partial charge on any atom is 0.266 e. The lowest BCUT2D eigenvalue weighted by Crippen LogP contribution is -2.37. The zero-order chi connectivity index (χ0) is 19.5. The first-order valence-electron chi connectivity index (χ1n) is 9.36. The second kappa shape index (κ2) is 7.85. The normalized spacial score (nSPS) is 17.1. The molecular weight excluding hydrogens is 356 g/mol. The van der Waals surface area contributed by atoms with Crippen molar-refractivity contribution >= 4 is 0 Å². The Balaban J connectivity index is 1.53. The Bertz CT molecular complexity index is 1080. The topological polar surface area (TPSA) is 85.9 Å². The van der Waals surface area contributed by atoms with Crippen LogP contribution in [0.1, 0.15) is 18.5 Å². The summed E-state index contributed by atoms with van der Waals surface area (Å²) in [5.41, 5.74) is 2.23. The molecule has 3 aromatic rings. The van der Waals surface area contributed by atoms with Crippen molar-refractivity contribution in [3.8, 4) is 11.3 Å². The second-order valence-electron chi connectivity index (χ2n) is 7.03. The van der Waals surface area contributed by atoms with Gasteiger partial charge in [0.05, 0.1) is 17.9 Å². The molecule has 4 rings (SSSR count). The van der Waals surface area contributed by atoms with Crippen molar-refractivity contribution in [2.45, 2.75) is 32.0 Å². The predicted molar refractivity (Wildman–Crippen MR) is 105 cm³/mol. The van der Waals surface area contributed by atoms with Gasteiger partial charge in [-0.15, -0.1) is 0 Å². The maximum absolute atomic E-state index is 12.4. The SMILES string of the molecule is Cn1nc(CN2CCCC2Cn2nc(-c3cccnc3)ccc2=O)ccc1=O. The molecule has 28 heavy (non-hydrogen) atoms. The van der Waals surface area contributed by atoms with Gasteiger partial charge in [0, 0.05) is 49.7 Å². The van der Waals surface area contributed by atoms with Gasteiger partial charge in [-0.1, -0.05) is 0 Å². The average Bonchev–Trinajstić information content (AvgIpc) is 3.14. The van der Waals surface area contributed by atoms with E-state index in [1.54, 1.807) is 42.3 Å². The number of aromatic nitrogens is 5. The average molecular weight is 378 g/mol. The molecule has 1 aliphatic heterocycles. The largest absolute Gasteiger partial charge is 0.293 e. The van der Waals surface area contributed by atoms with Crippen LogP contribution in [0.2, 0.25) is 0 Å². The molecule has 0 saturated carbocycles. The van der Waals surface area contributed by atoms with Crippen molar-refractivity contribution in [3.05, 3.63) is 75.2 Å². The molecule has 4 heterocycles. The third-order valence-electron chi connectivity index (χ3n) is 5.09. The molecule has 3 aromatic heterocycles. The molecule has 1 saturated heterocycles. The smallest absolute Gasteiger partial charge is 0.266 e. The van der Waals surface area contributed by atoms with E-state index in [9.17, 15) is 9.59 Å². The molecule has 0 amide bonds. The van der Waals surface area contributed by atoms with Gasteiger partial charge in [0.1, 0.15) is 0 Å². The Morgan fingerprint density at radius 2 is 1.93 bits per heavy atom. The van der Waals surface area contributed by atoms with E-state index >= 15 is 0 Å². The third-order valence-corrected chi connectivity index (χ3v) is 5.09. The zero-order valence-electron chi connectivity index (χ0n) is 15.7. The van der Waals surface area contributed by atoms with Gasteiger partial charge in [-0.3, -0.25) is 19.5 Å². The van der Waals surface area contributed by atoms with E-state index in [2.05, 4.69) is 20.1 Å². The van der Waals surface area contributed by atoms with Gasteiger partial charge in [-0.25, -0.2) is 9.36 Å². The Morgan fingerprint density at radius 3 is 2.71 bits per heavy atom. The maximum atomic E-state index is 12.4. The van der Waals surface area contributed by atoms with Crippen molar-refractivity contribution < 1.29 is 0 Å². The summed E-state index contributed by atoms with van der Waals surface area (Å²) in [6.07, 6.45) is 5.51. The highest BCUT2D eigenvalue weighted by molar-refractivity contribution is 5.56. The van der Waals surface area contributed by atoms with Crippen molar-refractivity contribution in [1.82, 2.24) is 29.4 Å². The first-order chi connectivity index (χ1) is 13.6. The van der Waals surface area contributed by atoms with Crippen LogP contribution in [-0.2, 0) is 20.1 Å². The molecule has 0 aromatic carbocycles. The van der Waals surface area contributed by atoms with Gasteiger partial charge >= 0.3 is 0 Å². The number of rotatable bonds is 5. The number of likely N-dealkylation sites (tertiary alicyclic amines) is 1. The Morgan fingerprint density at radius 1 is 1.07 bits per heavy atom. The molecular formula is C20H22N6O2. The summed E-state index contributed by atoms with van der Waals surface area (Å²) in [6.45, 7) is 2.11. The van der Waals surface area contributed by atoms with Crippen LogP contribution in [0.5, 0.6) is 0 Å². The van der Waals surface area contributed by atoms with Gasteiger partial charge in [0.15, 0.2) is 0 Å². The number of aryl methyl sites for hydroxylation is 1. The van der Waals surface area contributed by atoms with Crippen molar-refractivity contribution in [2.75, 3.05) is 6.54 Å². The summed E-state index contributed by atoms with van der Waals surface area (Å²) >= 11 is 0. The van der Waals surface area contributed by atoms with Crippen LogP contribution in [0.3, 0.4) is 0 Å². The lowest BCUT2D eigenvalue weighted by atomic mass is 10.2. The van der Waals surface area contributed by atoms with E-state index in [-0.39, 0.29) is 17.2 Å². The van der Waals surface area contributed by atoms with E-state index in [1.807, 2.05) is 12.1 Å². The third kappa shape index (κ3) is 3.91. The van der Waals surface area contributed by atoms with E-state index < -0.39 is 0 Å². The highest BCUT2D eigenvalue weighted by atomic mass is 16.1. The lowest BCUT2D eigenvalue weighted by Gasteiger charge is -2.24. The summed E-state index contributed by atoms with van der Waals surface area (Å²) in [5, 5.41) is 8.87. The Hall–Kier alpha value is -3.13. The fraction of sp³-hybridized carbons (Fsp3) is 0.350. The molecule has 144 valence electrons. The van der Waals surface area contributed by atoms with Crippen molar-refractivity contribution in [3.63, 3.8) is 0 Å². The minimum Gasteiger partial charge on any atom is -0.293 e. The van der Waals surface area contributed by atoms with Gasteiger partial charge in [-0.2, -0.15) is 10.2 Å². The lowest BCUT2D eigenvalue weighted by molar-refractivity contribution is 0.213. The summed E-state index contributed by atoms with van der Waals surface area (Å²) in [5.74, 6) is 0. The van der Waals surface area contributed by atoms with Crippen LogP contribution in [-0.4, -0.2) is 42.0 Å². The molecule has 0 bridgehead atoms. The van der Waals surface area contributed by atoms with Crippen molar-refractivity contribution in [1.29, 1.82) is 0 Å². The van der Waals surface area contributed by atoms with Crippen LogP contribution >= 0.6 is 0 Å². The quantitative estimate of drug-likeness (QED) is 0.660. The van der Waals surface area contributed by atoms with Gasteiger partial charge in [0.25, 0.3) is 11.1 Å². The summed E-state index contributed by atoms with van der Waals surface area (Å²) in [7, 11) is 1.65. The van der Waals surface area contributed by atoms with Gasteiger partial charge in [-0.05, 0) is 43.7 Å². The fourth-order valence-electron chi connectivity index (χ4n) is 3.60. The Labute approximate surface area is 162 Å². The fourth-order valence-corrected chi connectivity index (χ4v) is 3.60. The molecule has 1 unspecified atom stereocenters. The molecule has 1 atom stereocenters. The first-order valence-corrected chi connectivity index (χ1v) is 9.36. The van der Waals surface area contributed by atoms with Crippen LogP contribution in [0, 0.1) is 0 Å². The number of pyridine rings is 1. The highest BCUT2D eigenvalue weighted by Gasteiger charge is 2.26. The first kappa shape index (κ1) is 18.2. The number of nitrogens with zero attached hydrogens (tertiary/aromatic N) is 6. The summed E-state index contributed by atoms with van der Waals surface area (Å²) < 4.78 is 2.89. The minimum atomic E-state index is -0.121. The summed E-state index contributed by atoms with van der Waals surface area (Å²) in [4.78, 5) is 30.3. The molecule has 8 heteroatoms. The molecule has 1 aliphatic rings. The second-order valence-corrected chi connectivity index (χ2v) is 7.03. The standard InChI is InChI=1S/C20H22N6O2/c1-24-19(27)8-6-16(22-24)13-25-11-3-5-17(25)14-26-20(28)9-7-18(23-26)15-4-2-10-21-12-15/h2,4,6-10,12,17H,3,5,11,13-14H2,1H3. The van der Waals surface area contributed by atoms with E-state index in [4.69, 9.17) is 0 Å². The Kier molecular flexibility index (Phi) is 5.12. The molecule has 0 radical (unpaired) electrons. The van der Waals surface area contributed by atoms with Crippen LogP contribution in [0.15, 0.2) is 58.4 Å². The zero-order valence-corrected chi connectivity index (χ0v) is 15.7. The number of hydrogen-bond acceptors (Lipinski definition) is 6. The molecule has 8 nitrogen and oxygen atoms in total. The van der Waals surface area contributed by atoms with Crippen LogP contribution in [0.25, 0.3) is 11.3 Å². The summed E-state index contributed by atoms with van der Waals surface area (Å²) in [6, 6.07) is 10.6. The highest BCUT2D eigenvalue weighted by Crippen LogP contribution is 2.21.